The van der Waals surface area contributed by atoms with Gasteiger partial charge in [-0.05, 0) is 42.7 Å². The van der Waals surface area contributed by atoms with Crippen LogP contribution in [0.2, 0.25) is 0 Å². The third-order valence-electron chi connectivity index (χ3n) is 4.13. The summed E-state index contributed by atoms with van der Waals surface area (Å²) in [5, 5.41) is 11.5. The first-order chi connectivity index (χ1) is 13.8. The van der Waals surface area contributed by atoms with Crippen LogP contribution in [0, 0.1) is 5.82 Å². The van der Waals surface area contributed by atoms with Crippen molar-refractivity contribution in [1.29, 1.82) is 0 Å². The van der Waals surface area contributed by atoms with E-state index in [1.54, 1.807) is 31.2 Å². The highest BCUT2D eigenvalue weighted by Gasteiger charge is 2.22. The first-order valence-electron chi connectivity index (χ1n) is 8.96. The van der Waals surface area contributed by atoms with E-state index >= 15 is 0 Å². The number of amides is 1. The fourth-order valence-electron chi connectivity index (χ4n) is 2.84. The highest BCUT2D eigenvalue weighted by Crippen LogP contribution is 2.30. The number of esters is 1. The van der Waals surface area contributed by atoms with Gasteiger partial charge in [-0.2, -0.15) is 0 Å². The van der Waals surface area contributed by atoms with E-state index in [4.69, 9.17) is 9.84 Å². The average Bonchev–Trinajstić information content (AvgIpc) is 2.68. The average molecular weight is 403 g/mol. The molecule has 0 radical (unpaired) electrons. The van der Waals surface area contributed by atoms with E-state index in [0.29, 0.717) is 11.3 Å². The largest absolute Gasteiger partial charge is 0.496 e. The summed E-state index contributed by atoms with van der Waals surface area (Å²) in [6.07, 6.45) is -0.164. The maximum atomic E-state index is 13.6. The molecule has 0 aromatic heterocycles. The molecule has 2 aromatic carbocycles. The van der Waals surface area contributed by atoms with Gasteiger partial charge in [0.1, 0.15) is 11.6 Å². The number of nitrogens with one attached hydrogen (secondary N) is 1. The van der Waals surface area contributed by atoms with Crippen LogP contribution in [0.5, 0.6) is 5.75 Å². The third kappa shape index (κ3) is 6.31. The maximum Gasteiger partial charge on any atom is 0.396 e. The standard InChI is InChI=1S/C21H22FNO6/c1-3-29-21(27)20(26)23-16(12-19(24)25)10-13-4-6-14(7-5-13)17-11-15(22)8-9-18(17)28-2/h4-9,11,16H,3,10,12H2,1-2H3,(H,23,26)(H,24,25). The number of halogens is 1. The number of carbonyl (C=O) groups is 3. The molecule has 0 heterocycles. The molecular weight excluding hydrogens is 381 g/mol. The lowest BCUT2D eigenvalue weighted by molar-refractivity contribution is -0.155. The van der Waals surface area contributed by atoms with Gasteiger partial charge in [-0.3, -0.25) is 9.59 Å². The van der Waals surface area contributed by atoms with Crippen LogP contribution in [-0.4, -0.2) is 42.7 Å². The molecule has 1 atom stereocenters. The van der Waals surface area contributed by atoms with Gasteiger partial charge in [0.15, 0.2) is 0 Å². The van der Waals surface area contributed by atoms with Crippen LogP contribution < -0.4 is 10.1 Å². The Morgan fingerprint density at radius 2 is 1.83 bits per heavy atom. The lowest BCUT2D eigenvalue weighted by atomic mass is 9.98. The molecule has 8 heteroatoms. The number of rotatable bonds is 8. The van der Waals surface area contributed by atoms with E-state index in [1.165, 1.54) is 25.3 Å². The molecule has 0 bridgehead atoms. The quantitative estimate of drug-likeness (QED) is 0.519. The summed E-state index contributed by atoms with van der Waals surface area (Å²) < 4.78 is 23.5. The number of hydrogen-bond donors (Lipinski definition) is 2. The summed E-state index contributed by atoms with van der Waals surface area (Å²) in [7, 11) is 1.49. The summed E-state index contributed by atoms with van der Waals surface area (Å²) in [5.41, 5.74) is 2.03. The molecular formula is C21H22FNO6. The van der Waals surface area contributed by atoms with Crippen molar-refractivity contribution in [2.45, 2.75) is 25.8 Å². The maximum absolute atomic E-state index is 13.6. The highest BCUT2D eigenvalue weighted by molar-refractivity contribution is 6.32. The lowest BCUT2D eigenvalue weighted by Crippen LogP contribution is -2.42. The zero-order valence-electron chi connectivity index (χ0n) is 16.1. The van der Waals surface area contributed by atoms with Gasteiger partial charge in [0.2, 0.25) is 0 Å². The Morgan fingerprint density at radius 1 is 1.14 bits per heavy atom. The monoisotopic (exact) mass is 403 g/mol. The fraction of sp³-hybridized carbons (Fsp3) is 0.286. The van der Waals surface area contributed by atoms with Crippen LogP contribution in [0.3, 0.4) is 0 Å². The molecule has 0 aliphatic heterocycles. The van der Waals surface area contributed by atoms with Crippen molar-refractivity contribution in [3.05, 3.63) is 53.8 Å². The van der Waals surface area contributed by atoms with E-state index in [2.05, 4.69) is 10.1 Å². The summed E-state index contributed by atoms with van der Waals surface area (Å²) in [5.74, 6) is -3.03. The van der Waals surface area contributed by atoms with Crippen LogP contribution in [0.1, 0.15) is 18.9 Å². The Bertz CT molecular complexity index is 881. The number of ether oxygens (including phenoxy) is 2. The van der Waals surface area contributed by atoms with Crippen molar-refractivity contribution >= 4 is 17.8 Å². The van der Waals surface area contributed by atoms with Crippen molar-refractivity contribution in [2.75, 3.05) is 13.7 Å². The smallest absolute Gasteiger partial charge is 0.396 e. The van der Waals surface area contributed by atoms with E-state index in [-0.39, 0.29) is 19.4 Å². The number of aliphatic carboxylic acids is 1. The van der Waals surface area contributed by atoms with Crippen LogP contribution in [0.15, 0.2) is 42.5 Å². The van der Waals surface area contributed by atoms with E-state index in [1.807, 2.05) is 0 Å². The zero-order chi connectivity index (χ0) is 21.4. The molecule has 1 amide bonds. The minimum Gasteiger partial charge on any atom is -0.496 e. The third-order valence-corrected chi connectivity index (χ3v) is 4.13. The Morgan fingerprint density at radius 3 is 2.41 bits per heavy atom. The first kappa shape index (κ1) is 21.9. The fourth-order valence-corrected chi connectivity index (χ4v) is 2.84. The van der Waals surface area contributed by atoms with Gasteiger partial charge >= 0.3 is 17.8 Å². The minimum atomic E-state index is -1.11. The van der Waals surface area contributed by atoms with Gasteiger partial charge in [0.05, 0.1) is 20.1 Å². The Labute approximate surface area is 167 Å². The number of methoxy groups -OCH3 is 1. The summed E-state index contributed by atoms with van der Waals surface area (Å²) >= 11 is 0. The lowest BCUT2D eigenvalue weighted by Gasteiger charge is -2.17. The van der Waals surface area contributed by atoms with Gasteiger partial charge in [-0.15, -0.1) is 0 Å². The van der Waals surface area contributed by atoms with E-state index < -0.39 is 29.7 Å². The molecule has 2 aromatic rings. The van der Waals surface area contributed by atoms with Crippen molar-refractivity contribution in [3.63, 3.8) is 0 Å². The SMILES string of the molecule is CCOC(=O)C(=O)NC(CC(=O)O)Cc1ccc(-c2cc(F)ccc2OC)cc1. The van der Waals surface area contributed by atoms with Crippen molar-refractivity contribution in [1.82, 2.24) is 5.32 Å². The molecule has 0 fully saturated rings. The van der Waals surface area contributed by atoms with Crippen molar-refractivity contribution < 1.29 is 33.4 Å². The zero-order valence-corrected chi connectivity index (χ0v) is 16.1. The molecule has 0 aliphatic carbocycles. The summed E-state index contributed by atoms with van der Waals surface area (Å²) in [6, 6.07) is 10.4. The minimum absolute atomic E-state index is 0.0425. The van der Waals surface area contributed by atoms with Crippen LogP contribution in [0.25, 0.3) is 11.1 Å². The molecule has 2 N–H and O–H groups in total. The van der Waals surface area contributed by atoms with Crippen molar-refractivity contribution in [2.24, 2.45) is 0 Å². The van der Waals surface area contributed by atoms with Gasteiger partial charge in [0, 0.05) is 11.6 Å². The molecule has 1 unspecified atom stereocenters. The second-order valence-corrected chi connectivity index (χ2v) is 6.23. The highest BCUT2D eigenvalue weighted by atomic mass is 19.1. The second-order valence-electron chi connectivity index (χ2n) is 6.23. The van der Waals surface area contributed by atoms with E-state index in [9.17, 15) is 18.8 Å². The molecule has 0 aliphatic rings. The van der Waals surface area contributed by atoms with Crippen LogP contribution in [0.4, 0.5) is 4.39 Å². The Hall–Kier alpha value is -3.42. The predicted octanol–water partition coefficient (Wildman–Crippen LogP) is 2.57. The summed E-state index contributed by atoms with van der Waals surface area (Å²) in [4.78, 5) is 34.4. The van der Waals surface area contributed by atoms with Gasteiger partial charge in [-0.25, -0.2) is 9.18 Å². The number of carboxylic acids is 1. The second kappa shape index (κ2) is 10.2. The number of hydrogen-bond acceptors (Lipinski definition) is 5. The van der Waals surface area contributed by atoms with E-state index in [0.717, 1.165) is 11.1 Å². The molecule has 29 heavy (non-hydrogen) atoms. The number of benzene rings is 2. The summed E-state index contributed by atoms with van der Waals surface area (Å²) in [6.45, 7) is 1.61. The van der Waals surface area contributed by atoms with Crippen LogP contribution >= 0.6 is 0 Å². The van der Waals surface area contributed by atoms with Crippen LogP contribution in [-0.2, 0) is 25.5 Å². The Kier molecular flexibility index (Phi) is 7.70. The molecule has 0 spiro atoms. The molecule has 2 rings (SSSR count). The Balaban J connectivity index is 2.16. The molecule has 0 saturated carbocycles. The normalized spacial score (nSPS) is 11.4. The van der Waals surface area contributed by atoms with Gasteiger partial charge in [-0.1, -0.05) is 24.3 Å². The predicted molar refractivity (Wildman–Crippen MR) is 103 cm³/mol. The molecule has 154 valence electrons. The van der Waals surface area contributed by atoms with Gasteiger partial charge < -0.3 is 19.9 Å². The number of carbonyl (C=O) groups excluding carboxylic acids is 2. The number of carboxylic acid groups (broad SMARTS) is 1. The topological polar surface area (TPSA) is 102 Å². The first-order valence-corrected chi connectivity index (χ1v) is 8.96. The van der Waals surface area contributed by atoms with Gasteiger partial charge in [0.25, 0.3) is 0 Å². The molecule has 0 saturated heterocycles. The molecule has 7 nitrogen and oxygen atoms in total. The van der Waals surface area contributed by atoms with Crippen molar-refractivity contribution in [3.8, 4) is 16.9 Å².